The summed E-state index contributed by atoms with van der Waals surface area (Å²) in [6.45, 7) is 4.70. The zero-order chi connectivity index (χ0) is 21.1. The van der Waals surface area contributed by atoms with Crippen molar-refractivity contribution < 1.29 is 28.3 Å². The van der Waals surface area contributed by atoms with E-state index >= 15 is 0 Å². The highest BCUT2D eigenvalue weighted by atomic mass is 32.2. The zero-order valence-corrected chi connectivity index (χ0v) is 17.8. The third-order valence-electron chi connectivity index (χ3n) is 3.86. The molecule has 0 bridgehead atoms. The van der Waals surface area contributed by atoms with Crippen LogP contribution in [0.5, 0.6) is 11.5 Å². The molecule has 7 heteroatoms. The van der Waals surface area contributed by atoms with Crippen molar-refractivity contribution in [2.75, 3.05) is 20.3 Å². The van der Waals surface area contributed by atoms with Crippen LogP contribution in [-0.4, -0.2) is 43.6 Å². The fourth-order valence-electron chi connectivity index (χ4n) is 2.63. The Kier molecular flexibility index (Phi) is 9.83. The average molecular weight is 421 g/mol. The molecule has 0 saturated heterocycles. The summed E-state index contributed by atoms with van der Waals surface area (Å²) in [6.07, 6.45) is 0.0101. The van der Waals surface area contributed by atoms with E-state index in [1.165, 1.54) is 12.0 Å². The molecule has 0 spiro atoms. The summed E-state index contributed by atoms with van der Waals surface area (Å²) in [5, 5.41) is 9.31. The number of ether oxygens (including phenoxy) is 3. The summed E-state index contributed by atoms with van der Waals surface area (Å²) in [5.41, 5.74) is 0.862. The summed E-state index contributed by atoms with van der Waals surface area (Å²) >= 11 is 1.31. The van der Waals surface area contributed by atoms with Crippen LogP contribution in [0.25, 0.3) is 0 Å². The van der Waals surface area contributed by atoms with Crippen LogP contribution in [0.3, 0.4) is 0 Å². The Hall–Kier alpha value is -2.22. The monoisotopic (exact) mass is 420 g/mol. The van der Waals surface area contributed by atoms with Crippen LogP contribution in [0.15, 0.2) is 53.4 Å². The predicted molar refractivity (Wildman–Crippen MR) is 113 cm³/mol. The maximum absolute atomic E-state index is 11.4. The van der Waals surface area contributed by atoms with Crippen molar-refractivity contribution in [1.29, 1.82) is 0 Å². The first kappa shape index (κ1) is 23.1. The minimum absolute atomic E-state index is 0.148. The van der Waals surface area contributed by atoms with Gasteiger partial charge < -0.3 is 23.5 Å². The van der Waals surface area contributed by atoms with E-state index in [-0.39, 0.29) is 6.10 Å². The number of carbonyl (C=O) groups is 1. The summed E-state index contributed by atoms with van der Waals surface area (Å²) in [6, 6.07) is 15.1. The SMILES string of the molecule is COSc1ccc(OCCCOc2cccc(CC(OC(C)C)C(=O)O)c2)cc1. The molecule has 0 aromatic heterocycles. The molecule has 2 aromatic carbocycles. The van der Waals surface area contributed by atoms with Gasteiger partial charge in [0.1, 0.15) is 11.5 Å². The molecule has 1 N–H and O–H groups in total. The third-order valence-corrected chi connectivity index (χ3v) is 4.49. The highest BCUT2D eigenvalue weighted by molar-refractivity contribution is 7.94. The Balaban J connectivity index is 1.75. The van der Waals surface area contributed by atoms with E-state index in [2.05, 4.69) is 0 Å². The first-order chi connectivity index (χ1) is 14.0. The number of carboxylic acid groups (broad SMARTS) is 1. The lowest BCUT2D eigenvalue weighted by atomic mass is 10.1. The molecule has 2 aromatic rings. The molecular weight excluding hydrogens is 392 g/mol. The molecule has 1 unspecified atom stereocenters. The summed E-state index contributed by atoms with van der Waals surface area (Å²) in [7, 11) is 1.63. The van der Waals surface area contributed by atoms with Crippen molar-refractivity contribution in [2.45, 2.75) is 43.8 Å². The van der Waals surface area contributed by atoms with Gasteiger partial charge in [0, 0.05) is 29.8 Å². The van der Waals surface area contributed by atoms with Crippen LogP contribution in [-0.2, 0) is 20.1 Å². The Morgan fingerprint density at radius 2 is 1.72 bits per heavy atom. The van der Waals surface area contributed by atoms with E-state index in [0.29, 0.717) is 25.4 Å². The van der Waals surface area contributed by atoms with E-state index in [4.69, 9.17) is 18.4 Å². The van der Waals surface area contributed by atoms with Crippen molar-refractivity contribution in [2.24, 2.45) is 0 Å². The molecule has 0 aliphatic carbocycles. The molecule has 29 heavy (non-hydrogen) atoms. The van der Waals surface area contributed by atoms with Crippen LogP contribution >= 0.6 is 12.0 Å². The van der Waals surface area contributed by atoms with Crippen LogP contribution < -0.4 is 9.47 Å². The van der Waals surface area contributed by atoms with Crippen molar-refractivity contribution in [1.82, 2.24) is 0 Å². The normalized spacial score (nSPS) is 12.0. The molecule has 0 fully saturated rings. The fraction of sp³-hybridized carbons (Fsp3) is 0.409. The van der Waals surface area contributed by atoms with Gasteiger partial charge in [-0.2, -0.15) is 0 Å². The number of hydrogen-bond donors (Lipinski definition) is 1. The lowest BCUT2D eigenvalue weighted by molar-refractivity contribution is -0.153. The molecule has 0 saturated carbocycles. The topological polar surface area (TPSA) is 74.2 Å². The minimum Gasteiger partial charge on any atom is -0.493 e. The van der Waals surface area contributed by atoms with Gasteiger partial charge >= 0.3 is 5.97 Å². The smallest absolute Gasteiger partial charge is 0.333 e. The number of benzene rings is 2. The van der Waals surface area contributed by atoms with Gasteiger partial charge in [0.05, 0.1) is 26.4 Å². The Morgan fingerprint density at radius 1 is 1.03 bits per heavy atom. The predicted octanol–water partition coefficient (Wildman–Crippen LogP) is 4.61. The molecule has 2 rings (SSSR count). The Bertz CT molecular complexity index is 747. The van der Waals surface area contributed by atoms with Gasteiger partial charge in [-0.3, -0.25) is 0 Å². The second-order valence-corrected chi connectivity index (χ2v) is 7.61. The summed E-state index contributed by atoms with van der Waals surface area (Å²) < 4.78 is 21.9. The van der Waals surface area contributed by atoms with Gasteiger partial charge in [-0.05, 0) is 55.8 Å². The maximum atomic E-state index is 11.4. The second-order valence-electron chi connectivity index (χ2n) is 6.64. The molecule has 0 heterocycles. The first-order valence-corrected chi connectivity index (χ1v) is 10.3. The molecule has 6 nitrogen and oxygen atoms in total. The second kappa shape index (κ2) is 12.4. The van der Waals surface area contributed by atoms with Gasteiger partial charge in [0.15, 0.2) is 6.10 Å². The van der Waals surface area contributed by atoms with Crippen molar-refractivity contribution in [3.8, 4) is 11.5 Å². The van der Waals surface area contributed by atoms with Crippen molar-refractivity contribution in [3.63, 3.8) is 0 Å². The van der Waals surface area contributed by atoms with E-state index in [0.717, 1.165) is 22.6 Å². The average Bonchev–Trinajstić information content (AvgIpc) is 2.68. The van der Waals surface area contributed by atoms with Crippen LogP contribution in [0.1, 0.15) is 25.8 Å². The van der Waals surface area contributed by atoms with E-state index in [9.17, 15) is 9.90 Å². The van der Waals surface area contributed by atoms with E-state index in [1.807, 2.05) is 62.4 Å². The zero-order valence-electron chi connectivity index (χ0n) is 17.0. The van der Waals surface area contributed by atoms with Gasteiger partial charge in [0.2, 0.25) is 0 Å². The number of carboxylic acids is 1. The van der Waals surface area contributed by atoms with Gasteiger partial charge in [-0.1, -0.05) is 12.1 Å². The number of rotatable bonds is 13. The molecule has 0 aliphatic rings. The van der Waals surface area contributed by atoms with Gasteiger partial charge in [-0.15, -0.1) is 0 Å². The van der Waals surface area contributed by atoms with Gasteiger partial charge in [0.25, 0.3) is 0 Å². The van der Waals surface area contributed by atoms with Crippen LogP contribution in [0.2, 0.25) is 0 Å². The molecule has 0 aliphatic heterocycles. The molecular formula is C22H28O6S. The Morgan fingerprint density at radius 3 is 2.34 bits per heavy atom. The van der Waals surface area contributed by atoms with E-state index in [1.54, 1.807) is 7.11 Å². The van der Waals surface area contributed by atoms with Crippen molar-refractivity contribution >= 4 is 18.0 Å². The number of aliphatic carboxylic acids is 1. The molecule has 0 amide bonds. The summed E-state index contributed by atoms with van der Waals surface area (Å²) in [4.78, 5) is 12.4. The summed E-state index contributed by atoms with van der Waals surface area (Å²) in [5.74, 6) is 0.547. The molecule has 0 radical (unpaired) electrons. The quantitative estimate of drug-likeness (QED) is 0.375. The molecule has 158 valence electrons. The first-order valence-electron chi connectivity index (χ1n) is 9.51. The largest absolute Gasteiger partial charge is 0.493 e. The lowest BCUT2D eigenvalue weighted by Gasteiger charge is -2.17. The van der Waals surface area contributed by atoms with Crippen LogP contribution in [0, 0.1) is 0 Å². The Labute approximate surface area is 176 Å². The maximum Gasteiger partial charge on any atom is 0.333 e. The highest BCUT2D eigenvalue weighted by Crippen LogP contribution is 2.21. The molecule has 1 atom stereocenters. The lowest BCUT2D eigenvalue weighted by Crippen LogP contribution is -2.29. The third kappa shape index (κ3) is 8.77. The highest BCUT2D eigenvalue weighted by Gasteiger charge is 2.20. The van der Waals surface area contributed by atoms with E-state index < -0.39 is 12.1 Å². The van der Waals surface area contributed by atoms with Crippen LogP contribution in [0.4, 0.5) is 0 Å². The fourth-order valence-corrected chi connectivity index (χ4v) is 3.06. The van der Waals surface area contributed by atoms with Gasteiger partial charge in [-0.25, -0.2) is 4.79 Å². The number of hydrogen-bond acceptors (Lipinski definition) is 6. The standard InChI is InChI=1S/C22H28O6S/c1-16(2)28-21(22(23)24)15-17-6-4-7-19(14-17)27-13-5-12-26-18-8-10-20(11-9-18)29-25-3/h4,6-11,14,16,21H,5,12-13,15H2,1-3H3,(H,23,24). The minimum atomic E-state index is -0.962. The van der Waals surface area contributed by atoms with Crippen molar-refractivity contribution in [3.05, 3.63) is 54.1 Å².